The average Bonchev–Trinajstić information content (AvgIpc) is 2.94. The van der Waals surface area contributed by atoms with Crippen LogP contribution < -0.4 is 0 Å². The summed E-state index contributed by atoms with van der Waals surface area (Å²) in [6, 6.07) is 12.0. The number of methoxy groups -OCH3 is 1. The van der Waals surface area contributed by atoms with Crippen molar-refractivity contribution in [3.05, 3.63) is 62.9 Å². The number of aromatic nitrogens is 1. The maximum absolute atomic E-state index is 12.8. The minimum Gasteiger partial charge on any atom is -0.383 e. The first-order valence-corrected chi connectivity index (χ1v) is 9.87. The first-order valence-electron chi connectivity index (χ1n) is 9.08. The van der Waals surface area contributed by atoms with E-state index in [4.69, 9.17) is 4.74 Å². The number of hydrogen-bond acceptors (Lipinski definition) is 3. The van der Waals surface area contributed by atoms with E-state index in [9.17, 15) is 10.1 Å². The molecule has 0 aliphatic heterocycles. The van der Waals surface area contributed by atoms with Gasteiger partial charge in [0.05, 0.1) is 12.6 Å². The number of ether oxygens (including phenoxy) is 1. The highest BCUT2D eigenvalue weighted by Crippen LogP contribution is 2.24. The van der Waals surface area contributed by atoms with Crippen LogP contribution in [0.25, 0.3) is 6.08 Å². The Morgan fingerprint density at radius 1 is 1.39 bits per heavy atom. The molecular weight excluding hydrogens is 418 g/mol. The van der Waals surface area contributed by atoms with Crippen molar-refractivity contribution in [3.8, 4) is 6.07 Å². The number of benzene rings is 1. The molecule has 0 fully saturated rings. The maximum atomic E-state index is 12.8. The average molecular weight is 444 g/mol. The van der Waals surface area contributed by atoms with Gasteiger partial charge in [0.1, 0.15) is 11.6 Å². The van der Waals surface area contributed by atoms with Crippen LogP contribution in [-0.2, 0) is 16.1 Å². The van der Waals surface area contributed by atoms with E-state index in [0.29, 0.717) is 13.2 Å². The minimum atomic E-state index is -0.298. The van der Waals surface area contributed by atoms with Crippen LogP contribution in [0.5, 0.6) is 0 Å². The number of nitrogens with zero attached hydrogens (tertiary/aromatic N) is 3. The normalized spacial score (nSPS) is 12.5. The topological polar surface area (TPSA) is 58.3 Å². The molecule has 0 aliphatic carbocycles. The number of amides is 1. The van der Waals surface area contributed by atoms with Crippen LogP contribution in [0.2, 0.25) is 0 Å². The molecule has 0 spiro atoms. The second-order valence-electron chi connectivity index (χ2n) is 6.92. The van der Waals surface area contributed by atoms with Crippen molar-refractivity contribution in [3.63, 3.8) is 0 Å². The Hall–Kier alpha value is -2.36. The van der Waals surface area contributed by atoms with Crippen LogP contribution in [0.1, 0.15) is 35.5 Å². The number of likely N-dealkylation sites (N-methyl/N-ethyl adjacent to an activating group) is 1. The molecule has 1 heterocycles. The van der Waals surface area contributed by atoms with Gasteiger partial charge >= 0.3 is 0 Å². The maximum Gasteiger partial charge on any atom is 0.264 e. The summed E-state index contributed by atoms with van der Waals surface area (Å²) in [6.45, 7) is 7.11. The molecule has 1 atom stereocenters. The molecule has 5 nitrogen and oxygen atoms in total. The second kappa shape index (κ2) is 9.72. The van der Waals surface area contributed by atoms with Gasteiger partial charge in [0.2, 0.25) is 0 Å². The van der Waals surface area contributed by atoms with E-state index >= 15 is 0 Å². The van der Waals surface area contributed by atoms with Gasteiger partial charge in [-0.05, 0) is 50.1 Å². The van der Waals surface area contributed by atoms with E-state index < -0.39 is 0 Å². The van der Waals surface area contributed by atoms with Crippen LogP contribution in [0.3, 0.4) is 0 Å². The Kier molecular flexibility index (Phi) is 7.61. The smallest absolute Gasteiger partial charge is 0.264 e. The van der Waals surface area contributed by atoms with Crippen molar-refractivity contribution in [2.24, 2.45) is 0 Å². The largest absolute Gasteiger partial charge is 0.383 e. The lowest BCUT2D eigenvalue weighted by molar-refractivity contribution is -0.125. The van der Waals surface area contributed by atoms with Crippen LogP contribution in [0, 0.1) is 25.2 Å². The molecule has 2 aromatic rings. The van der Waals surface area contributed by atoms with E-state index in [1.165, 1.54) is 0 Å². The summed E-state index contributed by atoms with van der Waals surface area (Å²) >= 11 is 3.50. The number of halogens is 1. The summed E-state index contributed by atoms with van der Waals surface area (Å²) in [5, 5.41) is 9.59. The van der Waals surface area contributed by atoms with Gasteiger partial charge in [0.25, 0.3) is 5.91 Å². The Bertz CT molecular complexity index is 924. The predicted molar refractivity (Wildman–Crippen MR) is 115 cm³/mol. The van der Waals surface area contributed by atoms with Gasteiger partial charge in [0, 0.05) is 36.6 Å². The lowest BCUT2D eigenvalue weighted by atomic mass is 10.1. The Balaban J connectivity index is 2.28. The summed E-state index contributed by atoms with van der Waals surface area (Å²) in [7, 11) is 3.38. The lowest BCUT2D eigenvalue weighted by Gasteiger charge is -2.18. The van der Waals surface area contributed by atoms with Crippen molar-refractivity contribution in [2.45, 2.75) is 33.4 Å². The molecule has 1 amide bonds. The van der Waals surface area contributed by atoms with Crippen LogP contribution in [-0.4, -0.2) is 36.1 Å². The first-order chi connectivity index (χ1) is 13.3. The Morgan fingerprint density at radius 2 is 2.07 bits per heavy atom. The van der Waals surface area contributed by atoms with Gasteiger partial charge in [0.15, 0.2) is 0 Å². The zero-order chi connectivity index (χ0) is 20.8. The van der Waals surface area contributed by atoms with Crippen LogP contribution in [0.4, 0.5) is 0 Å². The molecule has 0 saturated heterocycles. The SMILES string of the molecule is COCC(C)n1c(C)cc(/C=C(\C#N)C(=O)N(C)Cc2ccccc2Br)c1C. The van der Waals surface area contributed by atoms with Crippen molar-refractivity contribution < 1.29 is 9.53 Å². The number of hydrogen-bond donors (Lipinski definition) is 0. The fourth-order valence-corrected chi connectivity index (χ4v) is 3.81. The molecule has 0 aliphatic rings. The van der Waals surface area contributed by atoms with Gasteiger partial charge in [-0.2, -0.15) is 5.26 Å². The highest BCUT2D eigenvalue weighted by Gasteiger charge is 2.18. The van der Waals surface area contributed by atoms with Gasteiger partial charge in [-0.15, -0.1) is 0 Å². The third-order valence-corrected chi connectivity index (χ3v) is 5.51. The third-order valence-electron chi connectivity index (χ3n) is 4.73. The number of carbonyl (C=O) groups excluding carboxylic acids is 1. The molecule has 28 heavy (non-hydrogen) atoms. The van der Waals surface area contributed by atoms with Gasteiger partial charge in [-0.3, -0.25) is 4.79 Å². The number of carbonyl (C=O) groups is 1. The zero-order valence-corrected chi connectivity index (χ0v) is 18.6. The van der Waals surface area contributed by atoms with Crippen LogP contribution >= 0.6 is 15.9 Å². The molecule has 0 saturated carbocycles. The van der Waals surface area contributed by atoms with E-state index in [1.54, 1.807) is 25.1 Å². The first kappa shape index (κ1) is 21.9. The highest BCUT2D eigenvalue weighted by atomic mass is 79.9. The second-order valence-corrected chi connectivity index (χ2v) is 7.78. The molecule has 6 heteroatoms. The van der Waals surface area contributed by atoms with E-state index in [1.807, 2.05) is 44.2 Å². The quantitative estimate of drug-likeness (QED) is 0.462. The predicted octanol–water partition coefficient (Wildman–Crippen LogP) is 4.64. The summed E-state index contributed by atoms with van der Waals surface area (Å²) in [5.41, 5.74) is 4.06. The molecule has 2 rings (SSSR count). The number of aryl methyl sites for hydroxylation is 1. The molecule has 1 aromatic heterocycles. The van der Waals surface area contributed by atoms with Crippen molar-refractivity contribution >= 4 is 27.9 Å². The molecule has 1 unspecified atom stereocenters. The molecule has 148 valence electrons. The molecule has 0 N–H and O–H groups in total. The fourth-order valence-electron chi connectivity index (χ4n) is 3.40. The Labute approximate surface area is 175 Å². The highest BCUT2D eigenvalue weighted by molar-refractivity contribution is 9.10. The third kappa shape index (κ3) is 4.92. The van der Waals surface area contributed by atoms with Crippen molar-refractivity contribution in [1.82, 2.24) is 9.47 Å². The van der Waals surface area contributed by atoms with Gasteiger partial charge in [-0.25, -0.2) is 0 Å². The fraction of sp³-hybridized carbons (Fsp3) is 0.364. The van der Waals surface area contributed by atoms with E-state index in [-0.39, 0.29) is 17.5 Å². The van der Waals surface area contributed by atoms with Crippen molar-refractivity contribution in [1.29, 1.82) is 5.26 Å². The van der Waals surface area contributed by atoms with Crippen LogP contribution in [0.15, 0.2) is 40.4 Å². The summed E-state index contributed by atoms with van der Waals surface area (Å²) < 4.78 is 8.37. The lowest BCUT2D eigenvalue weighted by Crippen LogP contribution is -2.27. The van der Waals surface area contributed by atoms with Gasteiger partial charge < -0.3 is 14.2 Å². The molecule has 1 aromatic carbocycles. The minimum absolute atomic E-state index is 0.120. The summed E-state index contributed by atoms with van der Waals surface area (Å²) in [5.74, 6) is -0.298. The number of nitriles is 1. The van der Waals surface area contributed by atoms with Gasteiger partial charge in [-0.1, -0.05) is 34.1 Å². The molecule has 0 radical (unpaired) electrons. The summed E-state index contributed by atoms with van der Waals surface area (Å²) in [6.07, 6.45) is 1.68. The monoisotopic (exact) mass is 443 g/mol. The Morgan fingerprint density at radius 3 is 2.68 bits per heavy atom. The molecular formula is C22H26BrN3O2. The van der Waals surface area contributed by atoms with E-state index in [0.717, 1.165) is 27.0 Å². The number of rotatable bonds is 7. The van der Waals surface area contributed by atoms with Crippen molar-refractivity contribution in [2.75, 3.05) is 20.8 Å². The standard InChI is InChI=1S/C22H26BrN3O2/c1-15-10-19(17(3)26(15)16(2)14-28-5)11-20(12-24)22(27)25(4)13-18-8-6-7-9-21(18)23/h6-11,16H,13-14H2,1-5H3/b20-11+. The summed E-state index contributed by atoms with van der Waals surface area (Å²) in [4.78, 5) is 14.4. The van der Waals surface area contributed by atoms with E-state index in [2.05, 4.69) is 33.5 Å². The zero-order valence-electron chi connectivity index (χ0n) is 17.0. The molecule has 0 bridgehead atoms.